The summed E-state index contributed by atoms with van der Waals surface area (Å²) in [6.07, 6.45) is 1.79. The predicted octanol–water partition coefficient (Wildman–Crippen LogP) is 2.03. The Labute approximate surface area is 256 Å². The quantitative estimate of drug-likeness (QED) is 0.168. The van der Waals surface area contributed by atoms with Crippen LogP contribution in [0, 0.1) is 0 Å². The Bertz CT molecular complexity index is 1210. The van der Waals surface area contributed by atoms with Gasteiger partial charge >= 0.3 is 0 Å². The lowest BCUT2D eigenvalue weighted by Gasteiger charge is -2.27. The number of Topliss-reactive ketones (excluding diaryl/α,β-unsaturated/α-hetero) is 2. The average molecular weight is 619 g/mol. The number of ketones is 2. The number of nitrogens with zero attached hydrogens (tertiary/aromatic N) is 1. The highest BCUT2D eigenvalue weighted by atomic mass is 16.5. The van der Waals surface area contributed by atoms with Crippen LogP contribution in [-0.2, 0) is 38.1 Å². The van der Waals surface area contributed by atoms with Crippen LogP contribution >= 0.6 is 0 Å². The second-order valence-corrected chi connectivity index (χ2v) is 11.4. The van der Waals surface area contributed by atoms with Crippen LogP contribution in [0.15, 0.2) is 18.2 Å². The molecule has 1 atom stereocenters. The van der Waals surface area contributed by atoms with E-state index in [9.17, 15) is 28.8 Å². The molecule has 44 heavy (non-hydrogen) atoms. The topological polar surface area (TPSA) is 164 Å². The third kappa shape index (κ3) is 10.9. The van der Waals surface area contributed by atoms with Gasteiger partial charge in [-0.1, -0.05) is 6.07 Å². The molecular formula is C31H42N2O11. The Morgan fingerprint density at radius 2 is 1.43 bits per heavy atom. The smallest absolute Gasteiger partial charge is 0.266 e. The van der Waals surface area contributed by atoms with Crippen molar-refractivity contribution in [2.75, 3.05) is 52.9 Å². The van der Waals surface area contributed by atoms with E-state index in [0.29, 0.717) is 58.9 Å². The largest absolute Gasteiger partial charge is 0.485 e. The Kier molecular flexibility index (Phi) is 13.6. The summed E-state index contributed by atoms with van der Waals surface area (Å²) in [5.41, 5.74) is -0.244. The summed E-state index contributed by atoms with van der Waals surface area (Å²) in [6.45, 7) is 7.94. The minimum atomic E-state index is -1.08. The molecule has 13 nitrogen and oxygen atoms in total. The maximum absolute atomic E-state index is 13.1. The maximum atomic E-state index is 13.1. The number of hydrogen-bond acceptors (Lipinski definition) is 11. The minimum absolute atomic E-state index is 0.000502. The number of imide groups is 2. The molecule has 242 valence electrons. The van der Waals surface area contributed by atoms with Crippen LogP contribution in [0.25, 0.3) is 0 Å². The van der Waals surface area contributed by atoms with E-state index in [1.54, 1.807) is 0 Å². The van der Waals surface area contributed by atoms with Gasteiger partial charge in [-0.3, -0.25) is 39.0 Å². The summed E-state index contributed by atoms with van der Waals surface area (Å²) in [7, 11) is 0. The highest BCUT2D eigenvalue weighted by molar-refractivity contribution is 6.24. The van der Waals surface area contributed by atoms with Crippen molar-refractivity contribution >= 4 is 35.2 Å². The molecular weight excluding hydrogens is 576 g/mol. The zero-order valence-electron chi connectivity index (χ0n) is 25.6. The van der Waals surface area contributed by atoms with Gasteiger partial charge in [0.1, 0.15) is 25.0 Å². The zero-order chi connectivity index (χ0) is 32.1. The first-order valence-electron chi connectivity index (χ1n) is 14.9. The Morgan fingerprint density at radius 1 is 0.841 bits per heavy atom. The van der Waals surface area contributed by atoms with Crippen LogP contribution in [0.5, 0.6) is 5.75 Å². The number of amides is 4. The van der Waals surface area contributed by atoms with Crippen molar-refractivity contribution in [3.8, 4) is 5.75 Å². The standard InChI is InChI=1S/C31H42N2O11/c1-31(2,3)44-20-22(35)8-6-14-41-16-18-42-17-15-40-13-5-7-21(34)19-43-25-10-4-9-23-27(25)30(39)33(29(23)38)24-11-12-26(36)32-28(24)37/h4,9-10,24H,5-8,11-20H2,1-3H3,(H,32,36,37). The Hall–Kier alpha value is -3.52. The normalized spacial score (nSPS) is 16.7. The molecule has 0 aliphatic carbocycles. The van der Waals surface area contributed by atoms with Crippen LogP contribution in [0.2, 0.25) is 0 Å². The maximum Gasteiger partial charge on any atom is 0.266 e. The van der Waals surface area contributed by atoms with Gasteiger partial charge < -0.3 is 23.7 Å². The number of hydrogen-bond donors (Lipinski definition) is 1. The second kappa shape index (κ2) is 17.1. The summed E-state index contributed by atoms with van der Waals surface area (Å²) in [4.78, 5) is 74.7. The Morgan fingerprint density at radius 3 is 2.02 bits per heavy atom. The first-order chi connectivity index (χ1) is 21.0. The van der Waals surface area contributed by atoms with Crippen molar-refractivity contribution in [2.24, 2.45) is 0 Å². The summed E-state index contributed by atoms with van der Waals surface area (Å²) in [6, 6.07) is 3.40. The lowest BCUT2D eigenvalue weighted by Crippen LogP contribution is -2.54. The van der Waals surface area contributed by atoms with Crippen LogP contribution < -0.4 is 10.1 Å². The molecule has 1 fully saturated rings. The number of piperidine rings is 1. The van der Waals surface area contributed by atoms with Gasteiger partial charge in [-0.05, 0) is 52.2 Å². The molecule has 2 aliphatic rings. The van der Waals surface area contributed by atoms with Crippen molar-refractivity contribution in [3.05, 3.63) is 29.3 Å². The van der Waals surface area contributed by atoms with Gasteiger partial charge in [0.15, 0.2) is 11.6 Å². The molecule has 2 aliphatic heterocycles. The number of rotatable bonds is 20. The number of fused-ring (bicyclic) bond motifs is 1. The molecule has 0 radical (unpaired) electrons. The second-order valence-electron chi connectivity index (χ2n) is 11.4. The summed E-state index contributed by atoms with van der Waals surface area (Å²) >= 11 is 0. The monoisotopic (exact) mass is 618 g/mol. The first-order valence-corrected chi connectivity index (χ1v) is 14.9. The average Bonchev–Trinajstić information content (AvgIpc) is 3.22. The van der Waals surface area contributed by atoms with E-state index in [1.165, 1.54) is 18.2 Å². The molecule has 1 aromatic carbocycles. The molecule has 0 spiro atoms. The Balaban J connectivity index is 1.23. The molecule has 0 aromatic heterocycles. The predicted molar refractivity (Wildman–Crippen MR) is 155 cm³/mol. The van der Waals surface area contributed by atoms with E-state index < -0.39 is 29.7 Å². The van der Waals surface area contributed by atoms with E-state index in [4.69, 9.17) is 23.7 Å². The molecule has 13 heteroatoms. The highest BCUT2D eigenvalue weighted by Crippen LogP contribution is 2.33. The fraction of sp³-hybridized carbons (Fsp3) is 0.613. The number of ether oxygens (including phenoxy) is 5. The molecule has 0 saturated carbocycles. The fourth-order valence-electron chi connectivity index (χ4n) is 4.49. The van der Waals surface area contributed by atoms with Crippen LogP contribution in [0.1, 0.15) is 80.0 Å². The van der Waals surface area contributed by atoms with Gasteiger partial charge in [-0.15, -0.1) is 0 Å². The molecule has 0 bridgehead atoms. The third-order valence-electron chi connectivity index (χ3n) is 6.72. The van der Waals surface area contributed by atoms with Gasteiger partial charge in [0.2, 0.25) is 11.8 Å². The lowest BCUT2D eigenvalue weighted by molar-refractivity contribution is -0.136. The minimum Gasteiger partial charge on any atom is -0.485 e. The molecule has 4 amide bonds. The van der Waals surface area contributed by atoms with Crippen molar-refractivity contribution in [3.63, 3.8) is 0 Å². The van der Waals surface area contributed by atoms with Crippen molar-refractivity contribution in [1.82, 2.24) is 10.2 Å². The van der Waals surface area contributed by atoms with Crippen molar-refractivity contribution in [1.29, 1.82) is 0 Å². The van der Waals surface area contributed by atoms with E-state index >= 15 is 0 Å². The highest BCUT2D eigenvalue weighted by Gasteiger charge is 2.46. The van der Waals surface area contributed by atoms with E-state index in [0.717, 1.165) is 4.90 Å². The van der Waals surface area contributed by atoms with Gasteiger partial charge in [-0.25, -0.2) is 0 Å². The molecule has 2 heterocycles. The molecule has 1 aromatic rings. The SMILES string of the molecule is CC(C)(C)OCC(=O)CCCOCCOCCOCCCC(=O)COc1cccc2c1C(=O)N(C1CCC(=O)NC1=O)C2=O. The first kappa shape index (κ1) is 35.0. The molecule has 1 N–H and O–H groups in total. The number of carbonyl (C=O) groups is 6. The number of benzene rings is 1. The molecule has 1 unspecified atom stereocenters. The van der Waals surface area contributed by atoms with Gasteiger partial charge in [0.25, 0.3) is 11.8 Å². The van der Waals surface area contributed by atoms with E-state index in [-0.39, 0.29) is 66.5 Å². The van der Waals surface area contributed by atoms with Crippen molar-refractivity contribution in [2.45, 2.75) is 70.9 Å². The van der Waals surface area contributed by atoms with Gasteiger partial charge in [0.05, 0.1) is 43.2 Å². The van der Waals surface area contributed by atoms with Gasteiger partial charge in [0, 0.05) is 32.5 Å². The lowest BCUT2D eigenvalue weighted by atomic mass is 10.0. The summed E-state index contributed by atoms with van der Waals surface area (Å²) in [5.74, 6) is -2.56. The van der Waals surface area contributed by atoms with Crippen LogP contribution in [-0.4, -0.2) is 105 Å². The number of carbonyl (C=O) groups excluding carboxylic acids is 6. The molecule has 1 saturated heterocycles. The third-order valence-corrected chi connectivity index (χ3v) is 6.72. The van der Waals surface area contributed by atoms with Crippen LogP contribution in [0.3, 0.4) is 0 Å². The van der Waals surface area contributed by atoms with E-state index in [1.807, 2.05) is 20.8 Å². The molecule has 3 rings (SSSR count). The zero-order valence-corrected chi connectivity index (χ0v) is 25.6. The van der Waals surface area contributed by atoms with Crippen LogP contribution in [0.4, 0.5) is 0 Å². The number of nitrogens with one attached hydrogen (secondary N) is 1. The fourth-order valence-corrected chi connectivity index (χ4v) is 4.49. The van der Waals surface area contributed by atoms with Gasteiger partial charge in [-0.2, -0.15) is 0 Å². The van der Waals surface area contributed by atoms with Crippen molar-refractivity contribution < 1.29 is 52.5 Å². The summed E-state index contributed by atoms with van der Waals surface area (Å²) in [5, 5.41) is 2.15. The van der Waals surface area contributed by atoms with E-state index in [2.05, 4.69) is 5.32 Å². The summed E-state index contributed by atoms with van der Waals surface area (Å²) < 4.78 is 27.4.